The third kappa shape index (κ3) is 3.39. The Morgan fingerprint density at radius 2 is 1.54 bits per heavy atom. The van der Waals surface area contributed by atoms with Crippen molar-refractivity contribution in [3.05, 3.63) is 71.8 Å². The first-order valence-corrected chi connectivity index (χ1v) is 8.94. The lowest BCUT2D eigenvalue weighted by molar-refractivity contribution is -0.224. The molecule has 2 heterocycles. The van der Waals surface area contributed by atoms with E-state index >= 15 is 0 Å². The fourth-order valence-corrected chi connectivity index (χ4v) is 3.96. The molecule has 0 radical (unpaired) electrons. The largest absolute Gasteiger partial charge is 0.365 e. The molecule has 2 saturated heterocycles. The van der Waals surface area contributed by atoms with Gasteiger partial charge in [-0.15, -0.1) is 0 Å². The summed E-state index contributed by atoms with van der Waals surface area (Å²) in [4.78, 5) is 5.99. The molecule has 0 spiro atoms. The van der Waals surface area contributed by atoms with E-state index < -0.39 is 0 Å². The monoisotopic (exact) mass is 323 g/mol. The first-order chi connectivity index (χ1) is 11.8. The maximum Gasteiger partial charge on any atom is 0.108 e. The van der Waals surface area contributed by atoms with Crippen molar-refractivity contribution in [1.82, 2.24) is 5.06 Å². The van der Waals surface area contributed by atoms with Gasteiger partial charge in [-0.25, -0.2) is 0 Å². The van der Waals surface area contributed by atoms with Crippen LogP contribution < -0.4 is 0 Å². The fourth-order valence-electron chi connectivity index (χ4n) is 3.96. The summed E-state index contributed by atoms with van der Waals surface area (Å²) in [5.74, 6) is 0. The van der Waals surface area contributed by atoms with Gasteiger partial charge in [-0.05, 0) is 30.4 Å². The topological polar surface area (TPSA) is 21.7 Å². The summed E-state index contributed by atoms with van der Waals surface area (Å²) in [5.41, 5.74) is 2.43. The minimum absolute atomic E-state index is 0.0137. The van der Waals surface area contributed by atoms with E-state index in [1.165, 1.54) is 17.5 Å². The van der Waals surface area contributed by atoms with Crippen LogP contribution in [0.3, 0.4) is 0 Å². The van der Waals surface area contributed by atoms with Gasteiger partial charge >= 0.3 is 0 Å². The summed E-state index contributed by atoms with van der Waals surface area (Å²) in [6.07, 6.45) is 4.91. The molecule has 2 aromatic rings. The van der Waals surface area contributed by atoms with Crippen molar-refractivity contribution in [1.29, 1.82) is 0 Å². The number of hydroxylamine groups is 2. The van der Waals surface area contributed by atoms with Crippen molar-refractivity contribution in [3.8, 4) is 0 Å². The number of hydrogen-bond acceptors (Lipinski definition) is 3. The summed E-state index contributed by atoms with van der Waals surface area (Å²) in [6.45, 7) is 0. The minimum Gasteiger partial charge on any atom is -0.365 e. The molecule has 5 rings (SSSR count). The van der Waals surface area contributed by atoms with E-state index in [1.807, 2.05) is 0 Å². The lowest BCUT2D eigenvalue weighted by Gasteiger charge is -2.32. The first kappa shape index (κ1) is 15.8. The molecule has 2 aliphatic heterocycles. The van der Waals surface area contributed by atoms with Gasteiger partial charge in [-0.2, -0.15) is 5.06 Å². The Morgan fingerprint density at radius 3 is 2.12 bits per heavy atom. The molecule has 2 bridgehead atoms. The summed E-state index contributed by atoms with van der Waals surface area (Å²) >= 11 is 0. The first-order valence-electron chi connectivity index (χ1n) is 8.94. The third-order valence-corrected chi connectivity index (χ3v) is 5.25. The molecule has 2 aromatic carbocycles. The zero-order valence-electron chi connectivity index (χ0n) is 14.2. The SMILES string of the molecule is CN1OC2CCC1CC(OC(c1ccccc1)c1ccccc1)C2. The highest BCUT2D eigenvalue weighted by molar-refractivity contribution is 5.30. The van der Waals surface area contributed by atoms with E-state index in [4.69, 9.17) is 9.57 Å². The van der Waals surface area contributed by atoms with E-state index in [2.05, 4.69) is 72.8 Å². The summed E-state index contributed by atoms with van der Waals surface area (Å²) in [7, 11) is 2.06. The lowest BCUT2D eigenvalue weighted by atomic mass is 10.0. The number of nitrogens with zero attached hydrogens (tertiary/aromatic N) is 1. The van der Waals surface area contributed by atoms with Crippen LogP contribution in [0, 0.1) is 0 Å². The second-order valence-corrected chi connectivity index (χ2v) is 6.94. The molecule has 0 N–H and O–H groups in total. The summed E-state index contributed by atoms with van der Waals surface area (Å²) in [5, 5.41) is 2.05. The molecule has 3 fully saturated rings. The van der Waals surface area contributed by atoms with E-state index in [-0.39, 0.29) is 12.2 Å². The van der Waals surface area contributed by atoms with Gasteiger partial charge in [0.2, 0.25) is 0 Å². The van der Waals surface area contributed by atoms with Gasteiger partial charge in [-0.3, -0.25) is 4.84 Å². The third-order valence-electron chi connectivity index (χ3n) is 5.25. The number of ether oxygens (including phenoxy) is 1. The molecule has 3 nitrogen and oxygen atoms in total. The molecular formula is C21H25NO2. The molecule has 3 unspecified atom stereocenters. The Morgan fingerprint density at radius 1 is 0.917 bits per heavy atom. The van der Waals surface area contributed by atoms with Crippen LogP contribution in [0.15, 0.2) is 60.7 Å². The van der Waals surface area contributed by atoms with Crippen LogP contribution in [0.1, 0.15) is 42.9 Å². The molecule has 3 heteroatoms. The Balaban J connectivity index is 1.58. The molecule has 3 atom stereocenters. The average Bonchev–Trinajstić information content (AvgIpc) is 2.91. The second-order valence-electron chi connectivity index (χ2n) is 6.94. The number of hydrogen-bond donors (Lipinski definition) is 0. The molecule has 126 valence electrons. The van der Waals surface area contributed by atoms with Gasteiger partial charge in [0.15, 0.2) is 0 Å². The molecule has 0 aromatic heterocycles. The predicted molar refractivity (Wildman–Crippen MR) is 94.5 cm³/mol. The van der Waals surface area contributed by atoms with Crippen molar-refractivity contribution in [2.24, 2.45) is 0 Å². The second kappa shape index (κ2) is 7.06. The Labute approximate surface area is 144 Å². The minimum atomic E-state index is -0.0137. The van der Waals surface area contributed by atoms with Gasteiger partial charge in [-0.1, -0.05) is 60.7 Å². The van der Waals surface area contributed by atoms with E-state index in [0.717, 1.165) is 19.3 Å². The van der Waals surface area contributed by atoms with Crippen LogP contribution in [-0.4, -0.2) is 30.4 Å². The van der Waals surface area contributed by atoms with Crippen LogP contribution in [0.25, 0.3) is 0 Å². The zero-order chi connectivity index (χ0) is 16.4. The fraction of sp³-hybridized carbons (Fsp3) is 0.429. The average molecular weight is 323 g/mol. The Bertz CT molecular complexity index is 606. The highest BCUT2D eigenvalue weighted by Crippen LogP contribution is 2.36. The lowest BCUT2D eigenvalue weighted by Crippen LogP contribution is -2.38. The van der Waals surface area contributed by atoms with Crippen molar-refractivity contribution < 1.29 is 9.57 Å². The highest BCUT2D eigenvalue weighted by atomic mass is 16.7. The zero-order valence-corrected chi connectivity index (χ0v) is 14.2. The van der Waals surface area contributed by atoms with Crippen LogP contribution in [0.5, 0.6) is 0 Å². The van der Waals surface area contributed by atoms with Gasteiger partial charge < -0.3 is 4.74 Å². The number of rotatable bonds is 4. The molecule has 0 amide bonds. The molecule has 1 saturated carbocycles. The Hall–Kier alpha value is -1.68. The molecule has 24 heavy (non-hydrogen) atoms. The van der Waals surface area contributed by atoms with Gasteiger partial charge in [0.1, 0.15) is 6.10 Å². The molecular weight excluding hydrogens is 298 g/mol. The van der Waals surface area contributed by atoms with Crippen LogP contribution in [0.2, 0.25) is 0 Å². The van der Waals surface area contributed by atoms with Crippen LogP contribution in [0.4, 0.5) is 0 Å². The number of benzene rings is 2. The van der Waals surface area contributed by atoms with E-state index in [9.17, 15) is 0 Å². The van der Waals surface area contributed by atoms with Gasteiger partial charge in [0.05, 0.1) is 12.2 Å². The summed E-state index contributed by atoms with van der Waals surface area (Å²) in [6, 6.07) is 21.6. The standard InChI is InChI=1S/C21H25NO2/c1-22-18-12-13-19(24-22)15-20(14-18)23-21(16-8-4-2-5-9-16)17-10-6-3-7-11-17/h2-11,18-21H,12-15H2,1H3. The van der Waals surface area contributed by atoms with E-state index in [0.29, 0.717) is 12.1 Å². The smallest absolute Gasteiger partial charge is 0.108 e. The van der Waals surface area contributed by atoms with Crippen LogP contribution >= 0.6 is 0 Å². The maximum absolute atomic E-state index is 6.67. The molecule has 1 aliphatic carbocycles. The van der Waals surface area contributed by atoms with Gasteiger partial charge in [0.25, 0.3) is 0 Å². The Kier molecular flexibility index (Phi) is 4.65. The van der Waals surface area contributed by atoms with Crippen molar-refractivity contribution in [2.45, 2.75) is 50.0 Å². The van der Waals surface area contributed by atoms with Crippen LogP contribution in [-0.2, 0) is 9.57 Å². The summed E-state index contributed by atoms with van der Waals surface area (Å²) < 4.78 is 6.67. The normalized spacial score (nSPS) is 27.3. The van der Waals surface area contributed by atoms with Crippen molar-refractivity contribution >= 4 is 0 Å². The quantitative estimate of drug-likeness (QED) is 0.835. The maximum atomic E-state index is 6.67. The van der Waals surface area contributed by atoms with Crippen molar-refractivity contribution in [2.75, 3.05) is 7.05 Å². The predicted octanol–water partition coefficient (Wildman–Crippen LogP) is 4.35. The van der Waals surface area contributed by atoms with E-state index in [1.54, 1.807) is 0 Å². The highest BCUT2D eigenvalue weighted by Gasteiger charge is 2.36. The number of fused-ring (bicyclic) bond motifs is 4. The van der Waals surface area contributed by atoms with Crippen molar-refractivity contribution in [3.63, 3.8) is 0 Å². The molecule has 3 aliphatic rings. The van der Waals surface area contributed by atoms with Gasteiger partial charge in [0, 0.05) is 19.5 Å².